The summed E-state index contributed by atoms with van der Waals surface area (Å²) in [6, 6.07) is 10.4. The molecule has 5 nitrogen and oxygen atoms in total. The van der Waals surface area contributed by atoms with E-state index >= 15 is 0 Å². The van der Waals surface area contributed by atoms with Gasteiger partial charge in [0.05, 0.1) is 19.9 Å². The van der Waals surface area contributed by atoms with Crippen LogP contribution in [0.25, 0.3) is 0 Å². The third kappa shape index (κ3) is 2.51. The van der Waals surface area contributed by atoms with Crippen LogP contribution in [0.3, 0.4) is 0 Å². The van der Waals surface area contributed by atoms with E-state index < -0.39 is 0 Å². The van der Waals surface area contributed by atoms with Gasteiger partial charge in [-0.1, -0.05) is 11.6 Å². The van der Waals surface area contributed by atoms with Crippen molar-refractivity contribution in [3.05, 3.63) is 47.0 Å². The molecule has 22 heavy (non-hydrogen) atoms. The van der Waals surface area contributed by atoms with Gasteiger partial charge in [-0.05, 0) is 30.3 Å². The molecule has 0 saturated carbocycles. The molecule has 0 bridgehead atoms. The molecular weight excluding hydrogens is 304 g/mol. The molecule has 0 spiro atoms. The number of ether oxygens (including phenoxy) is 2. The fourth-order valence-corrected chi connectivity index (χ4v) is 2.41. The summed E-state index contributed by atoms with van der Waals surface area (Å²) in [6.07, 6.45) is 0. The van der Waals surface area contributed by atoms with Gasteiger partial charge in [-0.25, -0.2) is 4.99 Å². The van der Waals surface area contributed by atoms with E-state index in [9.17, 15) is 4.79 Å². The quantitative estimate of drug-likeness (QED) is 0.943. The summed E-state index contributed by atoms with van der Waals surface area (Å²) >= 11 is 6.00. The number of amides is 1. The first kappa shape index (κ1) is 14.4. The van der Waals surface area contributed by atoms with E-state index in [1.165, 1.54) is 7.11 Å². The number of carbonyl (C=O) groups is 1. The Balaban J connectivity index is 2.10. The van der Waals surface area contributed by atoms with Crippen molar-refractivity contribution in [2.24, 2.45) is 4.99 Å². The Morgan fingerprint density at radius 3 is 2.64 bits per heavy atom. The van der Waals surface area contributed by atoms with Crippen LogP contribution in [0.15, 0.2) is 41.4 Å². The summed E-state index contributed by atoms with van der Waals surface area (Å²) < 4.78 is 10.4. The lowest BCUT2D eigenvalue weighted by atomic mass is 10.1. The summed E-state index contributed by atoms with van der Waals surface area (Å²) in [5.41, 5.74) is 2.22. The number of benzene rings is 2. The van der Waals surface area contributed by atoms with Gasteiger partial charge < -0.3 is 14.8 Å². The maximum atomic E-state index is 12.1. The summed E-state index contributed by atoms with van der Waals surface area (Å²) in [5.74, 6) is 0.908. The number of methoxy groups -OCH3 is 2. The fraction of sp³-hybridized carbons (Fsp3) is 0.125. The highest BCUT2D eigenvalue weighted by Crippen LogP contribution is 2.34. The second-order valence-corrected chi connectivity index (χ2v) is 5.08. The van der Waals surface area contributed by atoms with Gasteiger partial charge in [0.15, 0.2) is 0 Å². The van der Waals surface area contributed by atoms with Crippen molar-refractivity contribution >= 4 is 34.6 Å². The van der Waals surface area contributed by atoms with Crippen LogP contribution in [-0.2, 0) is 4.79 Å². The Bertz CT molecular complexity index is 787. The predicted molar refractivity (Wildman–Crippen MR) is 85.8 cm³/mol. The van der Waals surface area contributed by atoms with Crippen molar-refractivity contribution in [1.29, 1.82) is 0 Å². The molecule has 6 heteroatoms. The van der Waals surface area contributed by atoms with Crippen LogP contribution in [-0.4, -0.2) is 25.8 Å². The first-order chi connectivity index (χ1) is 10.6. The van der Waals surface area contributed by atoms with Crippen molar-refractivity contribution < 1.29 is 14.3 Å². The lowest BCUT2D eigenvalue weighted by Crippen LogP contribution is -2.14. The number of fused-ring (bicyclic) bond motifs is 1. The largest absolute Gasteiger partial charge is 0.497 e. The molecule has 1 amide bonds. The third-order valence-electron chi connectivity index (χ3n) is 3.32. The number of hydrogen-bond acceptors (Lipinski definition) is 4. The van der Waals surface area contributed by atoms with Gasteiger partial charge >= 0.3 is 0 Å². The summed E-state index contributed by atoms with van der Waals surface area (Å²) in [5, 5.41) is 3.31. The first-order valence-electron chi connectivity index (χ1n) is 6.54. The molecule has 1 heterocycles. The molecule has 2 aromatic carbocycles. The predicted octanol–water partition coefficient (Wildman–Crippen LogP) is 3.43. The fourth-order valence-electron chi connectivity index (χ4n) is 2.23. The number of nitrogens with zero attached hydrogens (tertiary/aromatic N) is 1. The molecule has 112 valence electrons. The number of anilines is 1. The second-order valence-electron chi connectivity index (χ2n) is 4.64. The van der Waals surface area contributed by atoms with Gasteiger partial charge in [0, 0.05) is 16.7 Å². The van der Waals surface area contributed by atoms with E-state index in [4.69, 9.17) is 21.1 Å². The molecule has 1 aliphatic rings. The van der Waals surface area contributed by atoms with Crippen LogP contribution >= 0.6 is 11.6 Å². The van der Waals surface area contributed by atoms with E-state index in [2.05, 4.69) is 10.3 Å². The minimum atomic E-state index is -0.268. The van der Waals surface area contributed by atoms with E-state index in [0.29, 0.717) is 39.2 Å². The van der Waals surface area contributed by atoms with E-state index in [-0.39, 0.29) is 5.91 Å². The van der Waals surface area contributed by atoms with Crippen molar-refractivity contribution in [3.8, 4) is 11.5 Å². The van der Waals surface area contributed by atoms with E-state index in [0.717, 1.165) is 0 Å². The normalized spacial score (nSPS) is 14.7. The van der Waals surface area contributed by atoms with Gasteiger partial charge in [0.2, 0.25) is 0 Å². The molecule has 0 saturated heterocycles. The zero-order valence-electron chi connectivity index (χ0n) is 12.0. The molecule has 0 atom stereocenters. The molecular formula is C16H13ClN2O3. The highest BCUT2D eigenvalue weighted by Gasteiger charge is 2.26. The monoisotopic (exact) mass is 316 g/mol. The smallest absolute Gasteiger partial charge is 0.275 e. The molecule has 0 radical (unpaired) electrons. The van der Waals surface area contributed by atoms with Crippen LogP contribution < -0.4 is 14.8 Å². The molecule has 2 aromatic rings. The topological polar surface area (TPSA) is 59.9 Å². The number of nitrogens with one attached hydrogen (secondary N) is 1. The standard InChI is InChI=1S/C16H13ClN2O3/c1-21-10-4-6-13(14(8-10)22-2)18-15-11-7-9(17)3-5-12(11)19-16(15)20/h3-8H,1-2H3,(H,18,19,20). The highest BCUT2D eigenvalue weighted by molar-refractivity contribution is 6.54. The number of carbonyl (C=O) groups excluding carboxylic acids is 1. The minimum Gasteiger partial charge on any atom is -0.497 e. The highest BCUT2D eigenvalue weighted by atomic mass is 35.5. The van der Waals surface area contributed by atoms with Gasteiger partial charge in [-0.15, -0.1) is 0 Å². The van der Waals surface area contributed by atoms with Crippen LogP contribution in [0, 0.1) is 0 Å². The van der Waals surface area contributed by atoms with Crippen LogP contribution in [0.1, 0.15) is 5.56 Å². The molecule has 1 aliphatic heterocycles. The maximum Gasteiger partial charge on any atom is 0.275 e. The molecule has 0 unspecified atom stereocenters. The van der Waals surface area contributed by atoms with Crippen molar-refractivity contribution in [2.45, 2.75) is 0 Å². The molecule has 3 rings (SSSR count). The summed E-state index contributed by atoms with van der Waals surface area (Å²) in [4.78, 5) is 16.6. The van der Waals surface area contributed by atoms with Crippen LogP contribution in [0.2, 0.25) is 5.02 Å². The summed E-state index contributed by atoms with van der Waals surface area (Å²) in [6.45, 7) is 0. The Kier molecular flexibility index (Phi) is 3.73. The molecule has 0 fully saturated rings. The van der Waals surface area contributed by atoms with Crippen molar-refractivity contribution in [1.82, 2.24) is 0 Å². The van der Waals surface area contributed by atoms with Crippen molar-refractivity contribution in [2.75, 3.05) is 19.5 Å². The number of hydrogen-bond donors (Lipinski definition) is 1. The Hall–Kier alpha value is -2.53. The lowest BCUT2D eigenvalue weighted by molar-refractivity contribution is -0.110. The number of aliphatic imine (C=N–C) groups is 1. The Morgan fingerprint density at radius 1 is 1.09 bits per heavy atom. The minimum absolute atomic E-state index is 0.268. The van der Waals surface area contributed by atoms with Crippen molar-refractivity contribution in [3.63, 3.8) is 0 Å². The van der Waals surface area contributed by atoms with E-state index in [1.54, 1.807) is 43.5 Å². The Labute approximate surface area is 132 Å². The zero-order chi connectivity index (χ0) is 15.7. The first-order valence-corrected chi connectivity index (χ1v) is 6.92. The van der Waals surface area contributed by atoms with Gasteiger partial charge in [0.25, 0.3) is 5.91 Å². The van der Waals surface area contributed by atoms with Crippen LogP contribution in [0.4, 0.5) is 11.4 Å². The number of rotatable bonds is 3. The van der Waals surface area contributed by atoms with E-state index in [1.807, 2.05) is 0 Å². The second kappa shape index (κ2) is 5.69. The van der Waals surface area contributed by atoms with Gasteiger partial charge in [-0.3, -0.25) is 4.79 Å². The lowest BCUT2D eigenvalue weighted by Gasteiger charge is -2.07. The maximum absolute atomic E-state index is 12.1. The summed E-state index contributed by atoms with van der Waals surface area (Å²) in [7, 11) is 3.11. The Morgan fingerprint density at radius 2 is 1.91 bits per heavy atom. The molecule has 1 N–H and O–H groups in total. The van der Waals surface area contributed by atoms with Crippen LogP contribution in [0.5, 0.6) is 11.5 Å². The number of halogens is 1. The zero-order valence-corrected chi connectivity index (χ0v) is 12.8. The third-order valence-corrected chi connectivity index (χ3v) is 3.55. The molecule has 0 aliphatic carbocycles. The average Bonchev–Trinajstić information content (AvgIpc) is 2.83. The molecule has 0 aromatic heterocycles. The van der Waals surface area contributed by atoms with Gasteiger partial charge in [0.1, 0.15) is 22.9 Å². The SMILES string of the molecule is COc1ccc(N=C2C(=O)Nc3ccc(Cl)cc32)c(OC)c1. The van der Waals surface area contributed by atoms with Gasteiger partial charge in [-0.2, -0.15) is 0 Å². The average molecular weight is 317 g/mol.